The van der Waals surface area contributed by atoms with Gasteiger partial charge in [0.05, 0.1) is 28.7 Å². The molecular formula is C24H21Cl2N5O3. The lowest BCUT2D eigenvalue weighted by Gasteiger charge is -2.43. The van der Waals surface area contributed by atoms with E-state index in [0.29, 0.717) is 21.4 Å². The fraction of sp³-hybridized carbons (Fsp3) is 0.208. The van der Waals surface area contributed by atoms with Gasteiger partial charge in [-0.3, -0.25) is 19.7 Å². The summed E-state index contributed by atoms with van der Waals surface area (Å²) >= 11 is 12.2. The minimum Gasteiger partial charge on any atom is -0.352 e. The van der Waals surface area contributed by atoms with Crippen LogP contribution in [-0.4, -0.2) is 30.2 Å². The number of nitrogens with one attached hydrogen (secondary N) is 5. The highest BCUT2D eigenvalue weighted by atomic mass is 35.5. The Morgan fingerprint density at radius 3 is 2.56 bits per heavy atom. The Morgan fingerprint density at radius 2 is 1.74 bits per heavy atom. The third-order valence-corrected chi connectivity index (χ3v) is 6.61. The Kier molecular flexibility index (Phi) is 6.03. The van der Waals surface area contributed by atoms with Gasteiger partial charge in [-0.25, -0.2) is 0 Å². The lowest BCUT2D eigenvalue weighted by atomic mass is 9.81. The van der Waals surface area contributed by atoms with Gasteiger partial charge in [-0.05, 0) is 29.7 Å². The molecule has 3 aromatic carbocycles. The molecule has 8 nitrogen and oxygen atoms in total. The molecule has 174 valence electrons. The molecule has 4 unspecified atom stereocenters. The lowest BCUT2D eigenvalue weighted by Crippen LogP contribution is -2.72. The third-order valence-electron chi connectivity index (χ3n) is 6.07. The number of benzene rings is 3. The summed E-state index contributed by atoms with van der Waals surface area (Å²) in [5.74, 6) is -2.68. The maximum absolute atomic E-state index is 13.3. The topological polar surface area (TPSA) is 111 Å². The molecule has 0 radical (unpaired) electrons. The average Bonchev–Trinajstić information content (AvgIpc) is 2.80. The Labute approximate surface area is 205 Å². The first-order valence-corrected chi connectivity index (χ1v) is 11.5. The second-order valence-corrected chi connectivity index (χ2v) is 9.12. The van der Waals surface area contributed by atoms with E-state index < -0.39 is 24.3 Å². The lowest BCUT2D eigenvalue weighted by molar-refractivity contribution is -0.144. The summed E-state index contributed by atoms with van der Waals surface area (Å²) in [6, 6.07) is 18.2. The van der Waals surface area contributed by atoms with Crippen LogP contribution < -0.4 is 26.6 Å². The van der Waals surface area contributed by atoms with Crippen LogP contribution in [0.2, 0.25) is 10.0 Å². The fourth-order valence-corrected chi connectivity index (χ4v) is 4.94. The zero-order valence-corrected chi connectivity index (χ0v) is 19.3. The predicted molar refractivity (Wildman–Crippen MR) is 131 cm³/mol. The number of halogens is 2. The third kappa shape index (κ3) is 4.40. The van der Waals surface area contributed by atoms with Crippen LogP contribution in [0, 0.1) is 11.8 Å². The number of amides is 3. The molecule has 4 atom stereocenters. The quantitative estimate of drug-likeness (QED) is 0.379. The summed E-state index contributed by atoms with van der Waals surface area (Å²) in [7, 11) is 0. The predicted octanol–water partition coefficient (Wildman–Crippen LogP) is 3.28. The zero-order valence-electron chi connectivity index (χ0n) is 17.8. The first-order chi connectivity index (χ1) is 16.4. The molecule has 2 fully saturated rings. The van der Waals surface area contributed by atoms with Gasteiger partial charge in [0.25, 0.3) is 0 Å². The molecule has 5 N–H and O–H groups in total. The van der Waals surface area contributed by atoms with Crippen molar-refractivity contribution in [2.24, 2.45) is 11.8 Å². The van der Waals surface area contributed by atoms with Crippen molar-refractivity contribution in [2.75, 3.05) is 10.6 Å². The molecule has 2 saturated heterocycles. The highest BCUT2D eigenvalue weighted by Gasteiger charge is 2.48. The van der Waals surface area contributed by atoms with Gasteiger partial charge < -0.3 is 21.3 Å². The van der Waals surface area contributed by atoms with Gasteiger partial charge in [0.2, 0.25) is 17.7 Å². The van der Waals surface area contributed by atoms with Crippen LogP contribution in [0.15, 0.2) is 60.7 Å². The minimum absolute atomic E-state index is 0.0893. The second kappa shape index (κ2) is 9.13. The Morgan fingerprint density at radius 1 is 0.941 bits per heavy atom. The van der Waals surface area contributed by atoms with E-state index in [0.717, 1.165) is 10.8 Å². The summed E-state index contributed by atoms with van der Waals surface area (Å²) in [5, 5.41) is 17.4. The molecule has 2 aliphatic rings. The van der Waals surface area contributed by atoms with Gasteiger partial charge in [0.15, 0.2) is 6.29 Å². The van der Waals surface area contributed by atoms with Crippen molar-refractivity contribution in [1.82, 2.24) is 16.0 Å². The summed E-state index contributed by atoms with van der Waals surface area (Å²) in [4.78, 5) is 38.8. The summed E-state index contributed by atoms with van der Waals surface area (Å²) in [6.45, 7) is 0. The van der Waals surface area contributed by atoms with Crippen LogP contribution in [0.4, 0.5) is 11.4 Å². The first-order valence-electron chi connectivity index (χ1n) is 10.7. The van der Waals surface area contributed by atoms with Crippen LogP contribution in [-0.2, 0) is 14.4 Å². The van der Waals surface area contributed by atoms with E-state index in [-0.39, 0.29) is 24.1 Å². The molecule has 0 saturated carbocycles. The Balaban J connectivity index is 1.34. The number of fused-ring (bicyclic) bond motifs is 2. The zero-order chi connectivity index (χ0) is 23.8. The van der Waals surface area contributed by atoms with Crippen molar-refractivity contribution >= 4 is 63.1 Å². The summed E-state index contributed by atoms with van der Waals surface area (Å²) in [6.07, 6.45) is -1.54. The molecule has 10 heteroatoms. The van der Waals surface area contributed by atoms with Crippen molar-refractivity contribution in [3.8, 4) is 0 Å². The van der Waals surface area contributed by atoms with Gasteiger partial charge in [0, 0.05) is 22.5 Å². The molecule has 3 amide bonds. The van der Waals surface area contributed by atoms with E-state index in [1.807, 2.05) is 36.4 Å². The molecule has 0 spiro atoms. The van der Waals surface area contributed by atoms with Crippen LogP contribution in [0.1, 0.15) is 6.42 Å². The van der Waals surface area contributed by atoms with E-state index in [2.05, 4.69) is 26.6 Å². The van der Waals surface area contributed by atoms with Crippen molar-refractivity contribution < 1.29 is 14.4 Å². The van der Waals surface area contributed by atoms with Crippen molar-refractivity contribution in [3.05, 3.63) is 70.7 Å². The first kappa shape index (κ1) is 22.5. The minimum atomic E-state index is -0.842. The number of piperidine rings is 1. The van der Waals surface area contributed by atoms with Gasteiger partial charge >= 0.3 is 0 Å². The molecule has 0 bridgehead atoms. The average molecular weight is 498 g/mol. The molecule has 2 aliphatic heterocycles. The van der Waals surface area contributed by atoms with E-state index >= 15 is 0 Å². The van der Waals surface area contributed by atoms with Crippen LogP contribution in [0.3, 0.4) is 0 Å². The summed E-state index contributed by atoms with van der Waals surface area (Å²) < 4.78 is 0. The number of hydrogen-bond acceptors (Lipinski definition) is 5. The summed E-state index contributed by atoms with van der Waals surface area (Å²) in [5.41, 5.74) is 1.18. The largest absolute Gasteiger partial charge is 0.352 e. The van der Waals surface area contributed by atoms with E-state index in [4.69, 9.17) is 23.2 Å². The van der Waals surface area contributed by atoms with Crippen molar-refractivity contribution in [3.63, 3.8) is 0 Å². The van der Waals surface area contributed by atoms with E-state index in [1.54, 1.807) is 24.3 Å². The van der Waals surface area contributed by atoms with Gasteiger partial charge in [-0.15, -0.1) is 0 Å². The van der Waals surface area contributed by atoms with E-state index in [1.165, 1.54) is 0 Å². The number of rotatable bonds is 4. The maximum atomic E-state index is 13.3. The van der Waals surface area contributed by atoms with Crippen LogP contribution >= 0.6 is 23.2 Å². The van der Waals surface area contributed by atoms with Crippen molar-refractivity contribution in [1.29, 1.82) is 0 Å². The molecule has 2 heterocycles. The molecule has 3 aromatic rings. The van der Waals surface area contributed by atoms with E-state index in [9.17, 15) is 14.4 Å². The Bertz CT molecular complexity index is 1300. The standard InChI is InChI=1S/C24H21Cl2N5O3/c25-13-8-9-18(16(26)10-13)28-24-30-21-20(23(34)31-24)15(11-19(32)29-21)22(33)27-17-7-3-5-12-4-1-2-6-14(12)17/h1-10,15,20-21,24,28,30H,11H2,(H,27,33)(H,29,32)(H,31,34). The second-order valence-electron chi connectivity index (χ2n) is 8.27. The molecular weight excluding hydrogens is 477 g/mol. The fourth-order valence-electron chi connectivity index (χ4n) is 4.48. The number of carbonyl (C=O) groups is 3. The van der Waals surface area contributed by atoms with Crippen LogP contribution in [0.5, 0.6) is 0 Å². The monoisotopic (exact) mass is 497 g/mol. The number of hydrogen-bond donors (Lipinski definition) is 5. The maximum Gasteiger partial charge on any atom is 0.229 e. The van der Waals surface area contributed by atoms with Gasteiger partial charge in [-0.1, -0.05) is 59.6 Å². The van der Waals surface area contributed by atoms with Crippen LogP contribution in [0.25, 0.3) is 10.8 Å². The van der Waals surface area contributed by atoms with Gasteiger partial charge in [-0.2, -0.15) is 0 Å². The Hall–Kier alpha value is -3.33. The van der Waals surface area contributed by atoms with Gasteiger partial charge in [0.1, 0.15) is 0 Å². The SMILES string of the molecule is O=C1CC(C(=O)Nc2cccc3ccccc23)C2C(=O)NC(Nc3ccc(Cl)cc3Cl)NC2N1. The normalized spacial score (nSPS) is 24.1. The molecule has 0 aliphatic carbocycles. The molecule has 5 rings (SSSR count). The smallest absolute Gasteiger partial charge is 0.229 e. The molecule has 34 heavy (non-hydrogen) atoms. The van der Waals surface area contributed by atoms with Crippen molar-refractivity contribution in [2.45, 2.75) is 18.9 Å². The number of carbonyl (C=O) groups excluding carboxylic acids is 3. The number of anilines is 2. The highest BCUT2D eigenvalue weighted by molar-refractivity contribution is 6.36. The molecule has 0 aromatic heterocycles. The highest BCUT2D eigenvalue weighted by Crippen LogP contribution is 2.31.